The van der Waals surface area contributed by atoms with Crippen molar-refractivity contribution in [2.24, 2.45) is 0 Å². The normalized spacial score (nSPS) is 10.3. The molecule has 1 aromatic heterocycles. The first-order chi connectivity index (χ1) is 11.1. The van der Waals surface area contributed by atoms with Gasteiger partial charge in [-0.25, -0.2) is 0 Å². The summed E-state index contributed by atoms with van der Waals surface area (Å²) in [5, 5.41) is 7.39. The van der Waals surface area contributed by atoms with E-state index in [9.17, 15) is 0 Å². The maximum absolute atomic E-state index is 5.86. The van der Waals surface area contributed by atoms with Crippen molar-refractivity contribution in [1.82, 2.24) is 15.0 Å². The number of benzene rings is 2. The van der Waals surface area contributed by atoms with Crippen molar-refractivity contribution in [3.63, 3.8) is 0 Å². The molecule has 0 saturated carbocycles. The molecule has 0 aliphatic rings. The first-order valence-electron chi connectivity index (χ1n) is 6.65. The van der Waals surface area contributed by atoms with Crippen LogP contribution in [0, 0.1) is 0 Å². The van der Waals surface area contributed by atoms with Gasteiger partial charge in [0.05, 0.1) is 0 Å². The van der Waals surface area contributed by atoms with Gasteiger partial charge in [0.2, 0.25) is 17.8 Å². The molecule has 116 valence electrons. The van der Waals surface area contributed by atoms with Gasteiger partial charge in [0.1, 0.15) is 0 Å². The standard InChI is InChI=1S/C15H12Cl2N6/c16-9-1-5-11(6-2-9)19-14-21-13(18)22-15(23-14)20-12-7-3-10(17)4-8-12/h1-8H,(H4,18,19,20,21,22,23). The molecule has 1 heterocycles. The number of nitrogens with one attached hydrogen (secondary N) is 2. The lowest BCUT2D eigenvalue weighted by molar-refractivity contribution is 1.07. The van der Waals surface area contributed by atoms with E-state index in [1.54, 1.807) is 24.3 Å². The monoisotopic (exact) mass is 346 g/mol. The number of nitrogens with zero attached hydrogens (tertiary/aromatic N) is 3. The third kappa shape index (κ3) is 4.21. The van der Waals surface area contributed by atoms with Crippen molar-refractivity contribution in [3.05, 3.63) is 58.6 Å². The van der Waals surface area contributed by atoms with Crippen LogP contribution in [0.25, 0.3) is 0 Å². The molecule has 0 spiro atoms. The first kappa shape index (κ1) is 15.3. The van der Waals surface area contributed by atoms with E-state index in [4.69, 9.17) is 28.9 Å². The van der Waals surface area contributed by atoms with Gasteiger partial charge in [-0.3, -0.25) is 0 Å². The van der Waals surface area contributed by atoms with Gasteiger partial charge in [-0.15, -0.1) is 0 Å². The maximum Gasteiger partial charge on any atom is 0.233 e. The lowest BCUT2D eigenvalue weighted by Gasteiger charge is -2.09. The van der Waals surface area contributed by atoms with E-state index in [1.807, 2.05) is 24.3 Å². The van der Waals surface area contributed by atoms with E-state index in [0.29, 0.717) is 21.9 Å². The van der Waals surface area contributed by atoms with Crippen molar-refractivity contribution < 1.29 is 0 Å². The van der Waals surface area contributed by atoms with Gasteiger partial charge in [0, 0.05) is 21.4 Å². The van der Waals surface area contributed by atoms with Crippen molar-refractivity contribution in [1.29, 1.82) is 0 Å². The zero-order valence-corrected chi connectivity index (χ0v) is 13.3. The van der Waals surface area contributed by atoms with Crippen molar-refractivity contribution in [3.8, 4) is 0 Å². The Morgan fingerprint density at radius 3 is 1.43 bits per heavy atom. The van der Waals surface area contributed by atoms with Crippen molar-refractivity contribution >= 4 is 52.4 Å². The van der Waals surface area contributed by atoms with Crippen LogP contribution in [0.4, 0.5) is 29.2 Å². The summed E-state index contributed by atoms with van der Waals surface area (Å²) in [5.74, 6) is 0.764. The summed E-state index contributed by atoms with van der Waals surface area (Å²) in [7, 11) is 0. The second kappa shape index (κ2) is 6.68. The van der Waals surface area contributed by atoms with E-state index < -0.39 is 0 Å². The molecule has 0 atom stereocenters. The lowest BCUT2D eigenvalue weighted by Crippen LogP contribution is -2.06. The molecule has 0 aliphatic carbocycles. The minimum atomic E-state index is 0.105. The number of nitrogen functional groups attached to an aromatic ring is 1. The number of rotatable bonds is 4. The highest BCUT2D eigenvalue weighted by Crippen LogP contribution is 2.20. The molecular formula is C15H12Cl2N6. The van der Waals surface area contributed by atoms with Crippen LogP contribution in [-0.4, -0.2) is 15.0 Å². The molecule has 3 aromatic rings. The van der Waals surface area contributed by atoms with Gasteiger partial charge >= 0.3 is 0 Å². The average Bonchev–Trinajstić information content (AvgIpc) is 2.51. The summed E-state index contributed by atoms with van der Waals surface area (Å²) in [6.45, 7) is 0. The zero-order valence-electron chi connectivity index (χ0n) is 11.8. The maximum atomic E-state index is 5.86. The minimum Gasteiger partial charge on any atom is -0.368 e. The molecule has 0 fully saturated rings. The van der Waals surface area contributed by atoms with Crippen LogP contribution >= 0.6 is 23.2 Å². The Bertz CT molecular complexity index is 739. The molecule has 0 unspecified atom stereocenters. The highest BCUT2D eigenvalue weighted by Gasteiger charge is 2.05. The van der Waals surface area contributed by atoms with Crippen LogP contribution in [0.3, 0.4) is 0 Å². The molecule has 4 N–H and O–H groups in total. The number of hydrogen-bond acceptors (Lipinski definition) is 6. The summed E-state index contributed by atoms with van der Waals surface area (Å²) >= 11 is 11.7. The molecule has 2 aromatic carbocycles. The fourth-order valence-corrected chi connectivity index (χ4v) is 2.08. The van der Waals surface area contributed by atoms with Crippen LogP contribution < -0.4 is 16.4 Å². The molecular weight excluding hydrogens is 335 g/mol. The second-order valence-corrected chi connectivity index (χ2v) is 5.48. The fourth-order valence-electron chi connectivity index (χ4n) is 1.83. The first-order valence-corrected chi connectivity index (χ1v) is 7.41. The summed E-state index contributed by atoms with van der Waals surface area (Å²) in [5.41, 5.74) is 7.31. The number of nitrogens with two attached hydrogens (primary N) is 1. The summed E-state index contributed by atoms with van der Waals surface area (Å²) in [6.07, 6.45) is 0. The molecule has 23 heavy (non-hydrogen) atoms. The van der Waals surface area contributed by atoms with Crippen LogP contribution in [-0.2, 0) is 0 Å². The Labute approximate surface area is 142 Å². The van der Waals surface area contributed by atoms with Crippen LogP contribution in [0.1, 0.15) is 0 Å². The van der Waals surface area contributed by atoms with Crippen molar-refractivity contribution in [2.45, 2.75) is 0 Å². The fraction of sp³-hybridized carbons (Fsp3) is 0. The van der Waals surface area contributed by atoms with Gasteiger partial charge < -0.3 is 16.4 Å². The van der Waals surface area contributed by atoms with Gasteiger partial charge in [-0.05, 0) is 48.5 Å². The van der Waals surface area contributed by atoms with Gasteiger partial charge in [0.15, 0.2) is 0 Å². The minimum absolute atomic E-state index is 0.105. The largest absolute Gasteiger partial charge is 0.368 e. The van der Waals surface area contributed by atoms with E-state index in [0.717, 1.165) is 11.4 Å². The summed E-state index contributed by atoms with van der Waals surface area (Å²) < 4.78 is 0. The van der Waals surface area contributed by atoms with Crippen LogP contribution in [0.15, 0.2) is 48.5 Å². The molecule has 0 bridgehead atoms. The average molecular weight is 347 g/mol. The lowest BCUT2D eigenvalue weighted by atomic mass is 10.3. The zero-order chi connectivity index (χ0) is 16.2. The van der Waals surface area contributed by atoms with Crippen LogP contribution in [0.5, 0.6) is 0 Å². The Kier molecular flexibility index (Phi) is 4.45. The third-order valence-corrected chi connectivity index (χ3v) is 3.36. The highest BCUT2D eigenvalue weighted by atomic mass is 35.5. The topological polar surface area (TPSA) is 88.8 Å². The van der Waals surface area contributed by atoms with Gasteiger partial charge in [-0.1, -0.05) is 23.2 Å². The smallest absolute Gasteiger partial charge is 0.233 e. The molecule has 0 aliphatic heterocycles. The Hall–Kier alpha value is -2.57. The predicted molar refractivity (Wildman–Crippen MR) is 93.7 cm³/mol. The van der Waals surface area contributed by atoms with E-state index in [-0.39, 0.29) is 5.95 Å². The highest BCUT2D eigenvalue weighted by molar-refractivity contribution is 6.30. The Balaban J connectivity index is 1.81. The number of halogens is 2. The third-order valence-electron chi connectivity index (χ3n) is 2.85. The summed E-state index contributed by atoms with van der Waals surface area (Å²) in [4.78, 5) is 12.4. The predicted octanol–water partition coefficient (Wildman–Crippen LogP) is 4.25. The Morgan fingerprint density at radius 2 is 1.04 bits per heavy atom. The molecule has 3 rings (SSSR count). The molecule has 8 heteroatoms. The SMILES string of the molecule is Nc1nc(Nc2ccc(Cl)cc2)nc(Nc2ccc(Cl)cc2)n1. The molecule has 0 saturated heterocycles. The second-order valence-electron chi connectivity index (χ2n) is 4.60. The van der Waals surface area contributed by atoms with E-state index in [2.05, 4.69) is 25.6 Å². The molecule has 0 amide bonds. The van der Waals surface area contributed by atoms with E-state index in [1.165, 1.54) is 0 Å². The number of hydrogen-bond donors (Lipinski definition) is 3. The Morgan fingerprint density at radius 1 is 0.652 bits per heavy atom. The van der Waals surface area contributed by atoms with Gasteiger partial charge in [0.25, 0.3) is 0 Å². The van der Waals surface area contributed by atoms with E-state index >= 15 is 0 Å². The number of anilines is 5. The van der Waals surface area contributed by atoms with Crippen molar-refractivity contribution in [2.75, 3.05) is 16.4 Å². The van der Waals surface area contributed by atoms with Gasteiger partial charge in [-0.2, -0.15) is 15.0 Å². The number of aromatic nitrogens is 3. The molecule has 0 radical (unpaired) electrons. The summed E-state index contributed by atoms with van der Waals surface area (Å²) in [6, 6.07) is 14.3. The quantitative estimate of drug-likeness (QED) is 0.654. The van der Waals surface area contributed by atoms with Crippen LogP contribution in [0.2, 0.25) is 10.0 Å². The molecule has 6 nitrogen and oxygen atoms in total.